The van der Waals surface area contributed by atoms with Crippen LogP contribution >= 0.6 is 11.6 Å². The summed E-state index contributed by atoms with van der Waals surface area (Å²) in [6, 6.07) is 21.0. The molecule has 0 aliphatic carbocycles. The molecule has 2 N–H and O–H groups in total. The highest BCUT2D eigenvalue weighted by atomic mass is 35.5. The van der Waals surface area contributed by atoms with E-state index >= 15 is 0 Å². The van der Waals surface area contributed by atoms with Gasteiger partial charge in [-0.15, -0.1) is 4.73 Å². The van der Waals surface area contributed by atoms with Crippen molar-refractivity contribution in [3.8, 4) is 5.88 Å². The Morgan fingerprint density at radius 3 is 2.55 bits per heavy atom. The minimum atomic E-state index is -0.807. The van der Waals surface area contributed by atoms with Crippen LogP contribution in [0.1, 0.15) is 22.3 Å². The number of fused-ring (bicyclic) bond motifs is 2. The molecule has 3 aromatic carbocycles. The number of rotatable bonds is 3. The zero-order chi connectivity index (χ0) is 23.1. The monoisotopic (exact) mass is 458 g/mol. The Morgan fingerprint density at radius 2 is 1.76 bits per heavy atom. The number of carbonyl (C=O) groups is 1. The summed E-state index contributed by atoms with van der Waals surface area (Å²) in [6.07, 6.45) is 0.554. The van der Waals surface area contributed by atoms with Crippen LogP contribution in [0.5, 0.6) is 5.88 Å². The van der Waals surface area contributed by atoms with Gasteiger partial charge >= 0.3 is 0 Å². The molecule has 0 saturated carbocycles. The number of pyridine rings is 1. The number of halogens is 1. The third-order valence-electron chi connectivity index (χ3n) is 5.85. The number of aliphatic imine (C=N–C) groups is 1. The Hall–Kier alpha value is -3.90. The first-order valence-electron chi connectivity index (χ1n) is 10.4. The van der Waals surface area contributed by atoms with Gasteiger partial charge in [-0.3, -0.25) is 14.6 Å². The summed E-state index contributed by atoms with van der Waals surface area (Å²) in [5.41, 5.74) is 2.18. The number of ketones is 1. The summed E-state index contributed by atoms with van der Waals surface area (Å²) in [6.45, 7) is 0. The van der Waals surface area contributed by atoms with Crippen molar-refractivity contribution in [2.24, 2.45) is 4.99 Å². The van der Waals surface area contributed by atoms with E-state index < -0.39 is 17.5 Å². The Morgan fingerprint density at radius 1 is 0.970 bits per heavy atom. The van der Waals surface area contributed by atoms with Crippen molar-refractivity contribution in [2.75, 3.05) is 0 Å². The van der Waals surface area contributed by atoms with Crippen LogP contribution in [0.3, 0.4) is 0 Å². The van der Waals surface area contributed by atoms with Crippen LogP contribution in [0.4, 0.5) is 0 Å². The van der Waals surface area contributed by atoms with Crippen molar-refractivity contribution < 1.29 is 15.1 Å². The van der Waals surface area contributed by atoms with Crippen LogP contribution < -0.4 is 5.56 Å². The van der Waals surface area contributed by atoms with E-state index in [0.717, 1.165) is 21.9 Å². The molecule has 0 spiro atoms. The van der Waals surface area contributed by atoms with Crippen LogP contribution in [0.2, 0.25) is 5.02 Å². The number of nitrogens with zero attached hydrogens (tertiary/aromatic N) is 2. The normalized spacial score (nSPS) is 15.7. The topological polar surface area (TPSA) is 91.9 Å². The summed E-state index contributed by atoms with van der Waals surface area (Å²) >= 11 is 6.23. The summed E-state index contributed by atoms with van der Waals surface area (Å²) in [5, 5.41) is 22.3. The maximum atomic E-state index is 13.2. The minimum absolute atomic E-state index is 0.0542. The quantitative estimate of drug-likeness (QED) is 0.451. The first-order chi connectivity index (χ1) is 15.9. The van der Waals surface area contributed by atoms with Gasteiger partial charge in [0.15, 0.2) is 5.78 Å². The Labute approximate surface area is 194 Å². The van der Waals surface area contributed by atoms with Gasteiger partial charge in [0.25, 0.3) is 5.56 Å². The molecule has 0 saturated heterocycles. The van der Waals surface area contributed by atoms with Gasteiger partial charge in [-0.1, -0.05) is 60.1 Å². The largest absolute Gasteiger partial charge is 0.492 e. The van der Waals surface area contributed by atoms with Gasteiger partial charge < -0.3 is 10.3 Å². The SMILES string of the molecule is O=C1Cc2ccc(Cl)cc2C(c2cc(O)n(O)c(=O)c2)=NC1Cc1ccc2ccccc2c1. The van der Waals surface area contributed by atoms with E-state index in [1.54, 1.807) is 18.2 Å². The number of aromatic hydroxyl groups is 1. The average Bonchev–Trinajstić information content (AvgIpc) is 2.93. The predicted octanol–water partition coefficient (Wildman–Crippen LogP) is 4.17. The van der Waals surface area contributed by atoms with E-state index in [2.05, 4.69) is 0 Å². The van der Waals surface area contributed by atoms with E-state index in [1.807, 2.05) is 42.5 Å². The van der Waals surface area contributed by atoms with Crippen molar-refractivity contribution >= 4 is 33.9 Å². The molecule has 6 nitrogen and oxygen atoms in total. The molecule has 33 heavy (non-hydrogen) atoms. The van der Waals surface area contributed by atoms with E-state index in [1.165, 1.54) is 12.1 Å². The van der Waals surface area contributed by atoms with Gasteiger partial charge in [-0.2, -0.15) is 0 Å². The Balaban J connectivity index is 1.64. The van der Waals surface area contributed by atoms with E-state index in [0.29, 0.717) is 28.3 Å². The molecule has 1 aromatic heterocycles. The van der Waals surface area contributed by atoms with E-state index in [9.17, 15) is 19.9 Å². The molecule has 1 aliphatic rings. The van der Waals surface area contributed by atoms with Gasteiger partial charge in [-0.05, 0) is 34.0 Å². The second-order valence-corrected chi connectivity index (χ2v) is 8.51. The number of hydrogen-bond acceptors (Lipinski definition) is 5. The molecule has 5 rings (SSSR count). The molecule has 2 heterocycles. The van der Waals surface area contributed by atoms with Crippen molar-refractivity contribution in [1.29, 1.82) is 0 Å². The van der Waals surface area contributed by atoms with Crippen molar-refractivity contribution in [3.63, 3.8) is 0 Å². The molecule has 7 heteroatoms. The molecular weight excluding hydrogens is 440 g/mol. The second kappa shape index (κ2) is 8.22. The highest BCUT2D eigenvalue weighted by Crippen LogP contribution is 2.27. The molecule has 1 unspecified atom stereocenters. The number of aromatic nitrogens is 1. The molecule has 1 aliphatic heterocycles. The third-order valence-corrected chi connectivity index (χ3v) is 6.09. The molecule has 164 valence electrons. The van der Waals surface area contributed by atoms with E-state index in [4.69, 9.17) is 16.6 Å². The van der Waals surface area contributed by atoms with Gasteiger partial charge in [0.2, 0.25) is 5.88 Å². The Bertz CT molecular complexity index is 1510. The third kappa shape index (κ3) is 4.01. The molecule has 0 bridgehead atoms. The highest BCUT2D eigenvalue weighted by Gasteiger charge is 2.27. The lowest BCUT2D eigenvalue weighted by Gasteiger charge is -2.13. The predicted molar refractivity (Wildman–Crippen MR) is 127 cm³/mol. The van der Waals surface area contributed by atoms with Crippen molar-refractivity contribution in [1.82, 2.24) is 4.73 Å². The van der Waals surface area contributed by atoms with Gasteiger partial charge in [0, 0.05) is 41.1 Å². The molecule has 0 fully saturated rings. The van der Waals surface area contributed by atoms with Crippen molar-refractivity contribution in [2.45, 2.75) is 18.9 Å². The lowest BCUT2D eigenvalue weighted by Crippen LogP contribution is -2.23. The number of hydrogen-bond donors (Lipinski definition) is 2. The van der Waals surface area contributed by atoms with Gasteiger partial charge in [0.1, 0.15) is 6.04 Å². The zero-order valence-electron chi connectivity index (χ0n) is 17.4. The number of carbonyl (C=O) groups excluding carboxylic acids is 1. The summed E-state index contributed by atoms with van der Waals surface area (Å²) in [7, 11) is 0. The van der Waals surface area contributed by atoms with Crippen LogP contribution in [-0.2, 0) is 17.6 Å². The zero-order valence-corrected chi connectivity index (χ0v) is 18.2. The molecule has 0 radical (unpaired) electrons. The summed E-state index contributed by atoms with van der Waals surface area (Å²) in [4.78, 5) is 30.1. The lowest BCUT2D eigenvalue weighted by atomic mass is 9.95. The first kappa shape index (κ1) is 21.0. The Kier molecular flexibility index (Phi) is 5.23. The lowest BCUT2D eigenvalue weighted by molar-refractivity contribution is -0.119. The fraction of sp³-hybridized carbons (Fsp3) is 0.115. The number of benzene rings is 3. The van der Waals surface area contributed by atoms with Crippen LogP contribution in [0.15, 0.2) is 82.6 Å². The van der Waals surface area contributed by atoms with E-state index in [-0.39, 0.29) is 16.9 Å². The summed E-state index contributed by atoms with van der Waals surface area (Å²) in [5.74, 6) is -0.674. The average molecular weight is 459 g/mol. The van der Waals surface area contributed by atoms with Crippen molar-refractivity contribution in [3.05, 3.63) is 110 Å². The fourth-order valence-corrected chi connectivity index (χ4v) is 4.36. The maximum absolute atomic E-state index is 13.2. The fourth-order valence-electron chi connectivity index (χ4n) is 4.19. The molecular formula is C26H19ClN2O4. The molecule has 0 amide bonds. The smallest absolute Gasteiger partial charge is 0.286 e. The standard InChI is InChI=1S/C26H19ClN2O4/c27-20-8-7-18-11-23(30)22(10-15-5-6-16-3-1-2-4-17(16)9-15)28-26(21(18)14-20)19-12-24(31)29(33)25(32)13-19/h1-9,12-14,22,31,33H,10-11H2. The van der Waals surface area contributed by atoms with Gasteiger partial charge in [-0.25, -0.2) is 0 Å². The highest BCUT2D eigenvalue weighted by molar-refractivity contribution is 6.31. The van der Waals surface area contributed by atoms with Gasteiger partial charge in [0.05, 0.1) is 5.71 Å². The maximum Gasteiger partial charge on any atom is 0.286 e. The second-order valence-electron chi connectivity index (χ2n) is 8.08. The number of Topliss-reactive ketones (excluding diaryl/α,β-unsaturated/α-hetero) is 1. The minimum Gasteiger partial charge on any atom is -0.492 e. The summed E-state index contributed by atoms with van der Waals surface area (Å²) < 4.78 is 0.150. The van der Waals surface area contributed by atoms with Crippen LogP contribution in [-0.4, -0.2) is 32.6 Å². The molecule has 4 aromatic rings. The van der Waals surface area contributed by atoms with Crippen LogP contribution in [0.25, 0.3) is 10.8 Å². The van der Waals surface area contributed by atoms with Crippen LogP contribution in [0, 0.1) is 0 Å². The molecule has 1 atom stereocenters. The first-order valence-corrected chi connectivity index (χ1v) is 10.8.